The molecule has 4 heteroatoms. The predicted octanol–water partition coefficient (Wildman–Crippen LogP) is 3.09. The highest BCUT2D eigenvalue weighted by molar-refractivity contribution is 5.71. The third-order valence-corrected chi connectivity index (χ3v) is 4.22. The molecule has 108 valence electrons. The van der Waals surface area contributed by atoms with Crippen LogP contribution >= 0.6 is 0 Å². The van der Waals surface area contributed by atoms with E-state index in [-0.39, 0.29) is 0 Å². The fraction of sp³-hybridized carbons (Fsp3) is 0.625. The predicted molar refractivity (Wildman–Crippen MR) is 81.9 cm³/mol. The Bertz CT molecular complexity index is 555. The number of fused-ring (bicyclic) bond motifs is 1. The highest BCUT2D eigenvalue weighted by Gasteiger charge is 2.22. The standard InChI is InChI=1S/C16H24N4/c1-2-3-4-12-20-15(13-7-10-17-11-8-13)19-14-6-5-9-18-16(14)20/h5-6,9,13,17H,2-4,7-8,10-12H2,1H3. The highest BCUT2D eigenvalue weighted by Crippen LogP contribution is 2.27. The largest absolute Gasteiger partial charge is 0.317 e. The smallest absolute Gasteiger partial charge is 0.159 e. The molecule has 20 heavy (non-hydrogen) atoms. The maximum atomic E-state index is 4.89. The zero-order valence-electron chi connectivity index (χ0n) is 12.3. The van der Waals surface area contributed by atoms with Gasteiger partial charge in [-0.15, -0.1) is 0 Å². The van der Waals surface area contributed by atoms with Crippen molar-refractivity contribution in [2.75, 3.05) is 13.1 Å². The molecule has 0 bridgehead atoms. The molecule has 4 nitrogen and oxygen atoms in total. The van der Waals surface area contributed by atoms with Gasteiger partial charge in [0.25, 0.3) is 0 Å². The van der Waals surface area contributed by atoms with E-state index in [0.29, 0.717) is 5.92 Å². The number of hydrogen-bond donors (Lipinski definition) is 1. The Labute approximate surface area is 120 Å². The molecule has 1 aliphatic heterocycles. The summed E-state index contributed by atoms with van der Waals surface area (Å²) in [5, 5.41) is 3.44. The van der Waals surface area contributed by atoms with Gasteiger partial charge in [-0.3, -0.25) is 0 Å². The average Bonchev–Trinajstić information content (AvgIpc) is 2.87. The normalized spacial score (nSPS) is 16.9. The van der Waals surface area contributed by atoms with Crippen LogP contribution < -0.4 is 5.32 Å². The first-order valence-corrected chi connectivity index (χ1v) is 7.92. The van der Waals surface area contributed by atoms with Gasteiger partial charge in [0.15, 0.2) is 5.65 Å². The molecule has 2 aromatic heterocycles. The number of nitrogens with zero attached hydrogens (tertiary/aromatic N) is 3. The Kier molecular flexibility index (Phi) is 4.31. The number of nitrogens with one attached hydrogen (secondary N) is 1. The Morgan fingerprint density at radius 2 is 2.15 bits per heavy atom. The van der Waals surface area contributed by atoms with Crippen molar-refractivity contribution in [1.82, 2.24) is 19.9 Å². The highest BCUT2D eigenvalue weighted by atomic mass is 15.1. The van der Waals surface area contributed by atoms with Gasteiger partial charge in [0.05, 0.1) is 0 Å². The first-order valence-electron chi connectivity index (χ1n) is 7.92. The van der Waals surface area contributed by atoms with Crippen molar-refractivity contribution in [3.05, 3.63) is 24.2 Å². The number of unbranched alkanes of at least 4 members (excludes halogenated alkanes) is 2. The second-order valence-electron chi connectivity index (χ2n) is 5.70. The summed E-state index contributed by atoms with van der Waals surface area (Å²) >= 11 is 0. The molecule has 0 saturated carbocycles. The fourth-order valence-corrected chi connectivity index (χ4v) is 3.11. The molecule has 0 amide bonds. The van der Waals surface area contributed by atoms with E-state index in [2.05, 4.69) is 27.9 Å². The Morgan fingerprint density at radius 1 is 1.30 bits per heavy atom. The summed E-state index contributed by atoms with van der Waals surface area (Å²) in [5.74, 6) is 1.85. The number of hydrogen-bond acceptors (Lipinski definition) is 3. The van der Waals surface area contributed by atoms with Crippen LogP contribution in [0.1, 0.15) is 50.8 Å². The molecule has 0 atom stereocenters. The van der Waals surface area contributed by atoms with E-state index >= 15 is 0 Å². The van der Waals surface area contributed by atoms with E-state index < -0.39 is 0 Å². The molecular formula is C16H24N4. The van der Waals surface area contributed by atoms with Crippen molar-refractivity contribution >= 4 is 11.2 Å². The van der Waals surface area contributed by atoms with E-state index in [4.69, 9.17) is 4.98 Å². The van der Waals surface area contributed by atoms with Crippen molar-refractivity contribution in [1.29, 1.82) is 0 Å². The number of aromatic nitrogens is 3. The lowest BCUT2D eigenvalue weighted by atomic mass is 9.97. The summed E-state index contributed by atoms with van der Waals surface area (Å²) in [6.45, 7) is 5.52. The molecule has 3 rings (SSSR count). The minimum Gasteiger partial charge on any atom is -0.317 e. The van der Waals surface area contributed by atoms with Crippen molar-refractivity contribution in [3.8, 4) is 0 Å². The maximum Gasteiger partial charge on any atom is 0.159 e. The molecule has 0 spiro atoms. The molecule has 0 radical (unpaired) electrons. The molecule has 1 N–H and O–H groups in total. The maximum absolute atomic E-state index is 4.89. The number of pyridine rings is 1. The minimum absolute atomic E-state index is 0.590. The van der Waals surface area contributed by atoms with Crippen LogP contribution in [0.4, 0.5) is 0 Å². The van der Waals surface area contributed by atoms with Crippen LogP contribution in [-0.2, 0) is 6.54 Å². The molecule has 1 aliphatic rings. The van der Waals surface area contributed by atoms with Gasteiger partial charge in [-0.2, -0.15) is 0 Å². The van der Waals surface area contributed by atoms with Crippen molar-refractivity contribution in [2.24, 2.45) is 0 Å². The summed E-state index contributed by atoms with van der Waals surface area (Å²) < 4.78 is 2.38. The van der Waals surface area contributed by atoms with Crippen molar-refractivity contribution in [2.45, 2.75) is 51.5 Å². The summed E-state index contributed by atoms with van der Waals surface area (Å²) in [7, 11) is 0. The van der Waals surface area contributed by atoms with Gasteiger partial charge in [-0.25, -0.2) is 9.97 Å². The van der Waals surface area contributed by atoms with E-state index in [1.165, 1.54) is 37.9 Å². The first-order chi connectivity index (χ1) is 9.90. The third-order valence-electron chi connectivity index (χ3n) is 4.22. The van der Waals surface area contributed by atoms with Crippen molar-refractivity contribution < 1.29 is 0 Å². The van der Waals surface area contributed by atoms with Crippen LogP contribution in [0, 0.1) is 0 Å². The molecule has 0 aliphatic carbocycles. The SMILES string of the molecule is CCCCCn1c(C2CCNCC2)nc2cccnc21. The molecule has 3 heterocycles. The summed E-state index contributed by atoms with van der Waals surface area (Å²) in [6.07, 6.45) is 8.01. The van der Waals surface area contributed by atoms with Crippen LogP contribution in [0.25, 0.3) is 11.2 Å². The van der Waals surface area contributed by atoms with E-state index in [9.17, 15) is 0 Å². The topological polar surface area (TPSA) is 42.7 Å². The second-order valence-corrected chi connectivity index (χ2v) is 5.70. The summed E-state index contributed by atoms with van der Waals surface area (Å²) in [6, 6.07) is 4.07. The van der Waals surface area contributed by atoms with Gasteiger partial charge < -0.3 is 9.88 Å². The molecule has 1 fully saturated rings. The van der Waals surface area contributed by atoms with E-state index in [1.54, 1.807) is 0 Å². The van der Waals surface area contributed by atoms with Gasteiger partial charge >= 0.3 is 0 Å². The monoisotopic (exact) mass is 272 g/mol. The van der Waals surface area contributed by atoms with E-state index in [1.807, 2.05) is 12.3 Å². The van der Waals surface area contributed by atoms with Crippen LogP contribution in [0.2, 0.25) is 0 Å². The summed E-state index contributed by atoms with van der Waals surface area (Å²) in [4.78, 5) is 9.45. The first kappa shape index (κ1) is 13.6. The number of aryl methyl sites for hydroxylation is 1. The number of imidazole rings is 1. The van der Waals surface area contributed by atoms with Gasteiger partial charge in [0.2, 0.25) is 0 Å². The van der Waals surface area contributed by atoms with Crippen LogP contribution in [-0.4, -0.2) is 27.6 Å². The van der Waals surface area contributed by atoms with Crippen LogP contribution in [0.3, 0.4) is 0 Å². The van der Waals surface area contributed by atoms with Gasteiger partial charge in [-0.05, 0) is 44.5 Å². The van der Waals surface area contributed by atoms with Gasteiger partial charge in [0.1, 0.15) is 11.3 Å². The van der Waals surface area contributed by atoms with Crippen LogP contribution in [0.15, 0.2) is 18.3 Å². The quantitative estimate of drug-likeness (QED) is 0.851. The third kappa shape index (κ3) is 2.70. The fourth-order valence-electron chi connectivity index (χ4n) is 3.11. The van der Waals surface area contributed by atoms with Gasteiger partial charge in [-0.1, -0.05) is 19.8 Å². The van der Waals surface area contributed by atoms with Crippen molar-refractivity contribution in [3.63, 3.8) is 0 Å². The molecular weight excluding hydrogens is 248 g/mol. The summed E-state index contributed by atoms with van der Waals surface area (Å²) in [5.41, 5.74) is 2.12. The Balaban J connectivity index is 1.93. The number of rotatable bonds is 5. The number of piperidine rings is 1. The lowest BCUT2D eigenvalue weighted by molar-refractivity contribution is 0.428. The Hall–Kier alpha value is -1.42. The molecule has 1 saturated heterocycles. The second kappa shape index (κ2) is 6.35. The Morgan fingerprint density at radius 3 is 2.95 bits per heavy atom. The van der Waals surface area contributed by atoms with E-state index in [0.717, 1.165) is 30.8 Å². The average molecular weight is 272 g/mol. The van der Waals surface area contributed by atoms with Gasteiger partial charge in [0, 0.05) is 18.7 Å². The molecule has 0 aromatic carbocycles. The lowest BCUT2D eigenvalue weighted by Gasteiger charge is -2.23. The minimum atomic E-state index is 0.590. The molecule has 0 unspecified atom stereocenters. The molecule has 2 aromatic rings. The van der Waals surface area contributed by atoms with Crippen LogP contribution in [0.5, 0.6) is 0 Å². The zero-order chi connectivity index (χ0) is 13.8. The zero-order valence-corrected chi connectivity index (χ0v) is 12.3. The lowest BCUT2D eigenvalue weighted by Crippen LogP contribution is -2.28.